The van der Waals surface area contributed by atoms with Gasteiger partial charge in [-0.1, -0.05) is 84.9 Å². The number of alkyl halides is 2. The Balaban J connectivity index is 0.000000137. The van der Waals surface area contributed by atoms with Crippen molar-refractivity contribution in [3.63, 3.8) is 0 Å². The summed E-state index contributed by atoms with van der Waals surface area (Å²) < 4.78 is 37.8. The molecular weight excluding hydrogens is 1910 g/mol. The Morgan fingerprint density at radius 3 is 1.23 bits per heavy atom. The van der Waals surface area contributed by atoms with Gasteiger partial charge in [0.1, 0.15) is 11.4 Å². The van der Waals surface area contributed by atoms with Crippen LogP contribution in [0.3, 0.4) is 0 Å². The minimum atomic E-state index is -0.939. The lowest BCUT2D eigenvalue weighted by atomic mass is 9.93. The summed E-state index contributed by atoms with van der Waals surface area (Å²) in [7, 11) is 2.25. The Morgan fingerprint density at radius 1 is 0.473 bits per heavy atom. The molecule has 21 rings (SSSR count). The summed E-state index contributed by atoms with van der Waals surface area (Å²) in [6.45, 7) is 27.7. The van der Waals surface area contributed by atoms with Gasteiger partial charge in [-0.05, 0) is 325 Å². The number of para-hydroxylation sites is 8. The van der Waals surface area contributed by atoms with Crippen molar-refractivity contribution in [2.75, 3.05) is 91.3 Å². The molecule has 0 saturated carbocycles. The van der Waals surface area contributed by atoms with Crippen LogP contribution in [0.4, 0.5) is 54.7 Å². The maximum atomic E-state index is 13.1. The molecule has 1 aromatic heterocycles. The number of benzene rings is 9. The summed E-state index contributed by atoms with van der Waals surface area (Å²) in [5, 5.41) is 29.6. The highest BCUT2D eigenvalue weighted by Crippen LogP contribution is 2.56. The number of nitro benzene ring substituents is 1. The summed E-state index contributed by atoms with van der Waals surface area (Å²) in [5.74, 6) is 4.04. The molecule has 4 unspecified atom stereocenters. The number of aldehydes is 1. The second kappa shape index (κ2) is 49.9. The number of amides is 5. The van der Waals surface area contributed by atoms with Crippen LogP contribution in [-0.4, -0.2) is 230 Å². The van der Waals surface area contributed by atoms with Gasteiger partial charge in [-0.3, -0.25) is 39.0 Å². The number of anilines is 7. The molecule has 11 aliphatic rings. The van der Waals surface area contributed by atoms with Crippen molar-refractivity contribution in [3.05, 3.63) is 266 Å². The van der Waals surface area contributed by atoms with Gasteiger partial charge >= 0.3 is 11.8 Å². The van der Waals surface area contributed by atoms with E-state index in [2.05, 4.69) is 115 Å². The number of nitro groups is 1. The van der Waals surface area contributed by atoms with E-state index in [1.54, 1.807) is 26.0 Å². The van der Waals surface area contributed by atoms with Gasteiger partial charge in [-0.2, -0.15) is 4.39 Å². The van der Waals surface area contributed by atoms with Gasteiger partial charge in [0.05, 0.1) is 55.0 Å². The molecule has 146 heavy (non-hydrogen) atoms. The van der Waals surface area contributed by atoms with Crippen molar-refractivity contribution in [1.29, 1.82) is 0 Å². The zero-order valence-electron chi connectivity index (χ0n) is 86.2. The molecule has 12 atom stereocenters. The Labute approximate surface area is 873 Å². The molecule has 0 aliphatic carbocycles. The number of hydrogen-bond acceptors (Lipinski definition) is 21. The predicted octanol–water partition coefficient (Wildman–Crippen LogP) is 25.3. The van der Waals surface area contributed by atoms with E-state index < -0.39 is 22.0 Å². The second-order valence-electron chi connectivity index (χ2n) is 40.0. The molecule has 12 heterocycles. The van der Waals surface area contributed by atoms with Gasteiger partial charge in [-0.15, -0.1) is 34.5 Å². The van der Waals surface area contributed by atoms with Gasteiger partial charge < -0.3 is 78.8 Å². The first-order chi connectivity index (χ1) is 70.6. The lowest BCUT2D eigenvalue weighted by molar-refractivity contribution is -0.387. The number of carbonyl (C=O) groups excluding carboxylic acids is 6. The number of thiophene rings is 1. The fraction of sp³-hybridized carbons (Fsp3) is 0.448. The molecule has 26 nitrogen and oxygen atoms in total. The third-order valence-electron chi connectivity index (χ3n) is 30.3. The van der Waals surface area contributed by atoms with E-state index in [-0.39, 0.29) is 58.8 Å². The highest BCUT2D eigenvalue weighted by molar-refractivity contribution is 7.11. The fourth-order valence-corrected chi connectivity index (χ4v) is 23.7. The lowest BCUT2D eigenvalue weighted by Crippen LogP contribution is -2.53. The zero-order chi connectivity index (χ0) is 104. The molecule has 3 N–H and O–H groups in total. The first-order valence-electron chi connectivity index (χ1n) is 52.3. The van der Waals surface area contributed by atoms with E-state index in [1.165, 1.54) is 79.2 Å². The van der Waals surface area contributed by atoms with E-state index in [9.17, 15) is 48.4 Å². The van der Waals surface area contributed by atoms with E-state index in [1.807, 2.05) is 196 Å². The Hall–Kier alpha value is -12.3. The van der Waals surface area contributed by atoms with Gasteiger partial charge in [0.25, 0.3) is 23.6 Å². The molecule has 8 saturated heterocycles. The number of rotatable bonds is 22. The summed E-state index contributed by atoms with van der Waals surface area (Å²) in [6.07, 6.45) is 20.3. The third kappa shape index (κ3) is 25.2. The number of piperidine rings is 4. The van der Waals surface area contributed by atoms with E-state index in [0.717, 1.165) is 168 Å². The number of phenols is 1. The van der Waals surface area contributed by atoms with E-state index >= 15 is 0 Å². The molecule has 0 spiro atoms. The second-order valence-corrected chi connectivity index (χ2v) is 41.7. The van der Waals surface area contributed by atoms with Crippen LogP contribution >= 0.6 is 34.5 Å². The van der Waals surface area contributed by atoms with E-state index in [0.29, 0.717) is 123 Å². The Morgan fingerprint density at radius 2 is 0.842 bits per heavy atom. The van der Waals surface area contributed by atoms with Crippen LogP contribution in [0.2, 0.25) is 0 Å². The van der Waals surface area contributed by atoms with Crippen molar-refractivity contribution in [1.82, 2.24) is 39.6 Å². The molecular formula is C116H142Cl2FN13O13S. The standard InChI is InChI=1S/C32H37N3O2.C29H37N3O4.C24H29N3O2.C14H20N2O.C11H13FN2O3.C5H4OS.CH2Cl2/c1-3-33(4-2)32(36)24-14-17-29-31(20-24)37-30-13-9-8-12-28(30)35(29)27-21-25-15-16-26(22-27)34(25)19-18-23-10-6-5-7-11-23;1-6-30(7-2)27(33)19-12-15-24-26(16-19)35-25-11-9-8-10-23(25)32(24)22-17-20-13-14-21(18-22)31(20)28(34)36-29(3,4)5;1-3-26(4-2)24(28)16-9-12-21-23(13-16)29-22-8-6-5-7-20(22)27(21)19-14-17-10-11-18(15-19)25-17;1-16-11-6-7-12(16)9-10(8-11)15-13-4-2-3-5-14(13)17;1-3-13(4-2)11(15)8-5-6-9(12)10(7-8)14(16)17;6-4-5-2-1-3-7-5;2-1-3/h5-14,17,20,25-27H,3-4,15-16,18-19,21-22H2,1-2H3;8-12,15-16,20-22H,6-7,13-14,17-18H2,1-5H3;5-9,12-13,17-19,25H,3-4,10-11,14-15H2,1-2H3;2-5,10-12,15,17H,6-9H2,1H3;5-7H,3-4H2,1-2H3;1-4H;1H2/t25-,26+,27?;20-,21+,22?;17-,18+,19?;10?,11-,12+;;;. The molecule has 5 amide bonds. The van der Waals surface area contributed by atoms with E-state index in [4.69, 9.17) is 42.1 Å². The number of fused-ring (bicyclic) bond motifs is 14. The summed E-state index contributed by atoms with van der Waals surface area (Å²) in [4.78, 5) is 106. The highest BCUT2D eigenvalue weighted by Gasteiger charge is 2.50. The average molecular weight is 2050 g/mol. The lowest BCUT2D eigenvalue weighted by Gasteiger charge is -2.46. The number of ether oxygens (including phenoxy) is 4. The SMILES string of the molecule is CCN(CC)C(=O)c1ccc(F)c([N+](=O)[O-])c1.CCN(CC)C(=O)c1ccc2c(c1)Oc1ccccc1N2C1C[C@H]2CC[C@@H](C1)N2.CCN(CC)C(=O)c1ccc2c(c1)Oc1ccccc1N2C1C[C@H]2CC[C@@H](C1)N2C(=O)OC(C)(C)C.CCN(CC)C(=O)c1ccc2c(c1)Oc1ccccc1N2C1C[C@H]2CC[C@@H](C1)N2CCc1ccccc1.CN1[C@@H]2CC[C@H]1CC(Nc1ccccc1O)C2.ClCCl.O=Cc1cccs1. The number of phenolic OH excluding ortho intramolecular Hbond substituents is 1. The molecule has 8 fully saturated rings. The number of hydrogen-bond donors (Lipinski definition) is 3. The van der Waals surface area contributed by atoms with Crippen LogP contribution in [0.15, 0.2) is 218 Å². The van der Waals surface area contributed by atoms with Crippen molar-refractivity contribution < 1.29 is 62.1 Å². The summed E-state index contributed by atoms with van der Waals surface area (Å²) >= 11 is 11.0. The summed E-state index contributed by atoms with van der Waals surface area (Å²) in [6, 6.07) is 73.5. The molecule has 8 bridgehead atoms. The first-order valence-corrected chi connectivity index (χ1v) is 54.2. The van der Waals surface area contributed by atoms with Gasteiger partial charge in [-0.25, -0.2) is 4.79 Å². The van der Waals surface area contributed by atoms with Crippen molar-refractivity contribution in [3.8, 4) is 40.2 Å². The van der Waals surface area contributed by atoms with Gasteiger partial charge in [0, 0.05) is 160 Å². The van der Waals surface area contributed by atoms with Crippen LogP contribution in [0.25, 0.3) is 0 Å². The average Bonchev–Trinajstić information content (AvgIpc) is 1.29. The zero-order valence-corrected chi connectivity index (χ0v) is 88.5. The Kier molecular flexibility index (Phi) is 36.9. The maximum absolute atomic E-state index is 13.1. The molecule has 9 aromatic carbocycles. The normalized spacial score (nSPS) is 21.5. The number of aromatic hydroxyl groups is 1. The van der Waals surface area contributed by atoms with Gasteiger partial charge in [0.15, 0.2) is 40.8 Å². The molecule has 10 aromatic rings. The van der Waals surface area contributed by atoms with Crippen LogP contribution in [-0.2, 0) is 11.2 Å². The van der Waals surface area contributed by atoms with Crippen LogP contribution < -0.4 is 39.5 Å². The van der Waals surface area contributed by atoms with Crippen molar-refractivity contribution >= 4 is 116 Å². The number of halogens is 3. The van der Waals surface area contributed by atoms with Gasteiger partial charge in [0.2, 0.25) is 5.82 Å². The number of carbonyl (C=O) groups is 6. The fourth-order valence-electron chi connectivity index (χ4n) is 23.1. The van der Waals surface area contributed by atoms with Crippen LogP contribution in [0.5, 0.6) is 40.2 Å². The minimum Gasteiger partial charge on any atom is -0.506 e. The molecule has 776 valence electrons. The molecule has 11 aliphatic heterocycles. The smallest absolute Gasteiger partial charge is 0.410 e. The quantitative estimate of drug-likeness (QED) is 0.0187. The van der Waals surface area contributed by atoms with Crippen molar-refractivity contribution in [2.24, 2.45) is 0 Å². The Bertz CT molecular complexity index is 6070. The number of nitrogens with one attached hydrogen (secondary N) is 2. The predicted molar refractivity (Wildman–Crippen MR) is 581 cm³/mol. The van der Waals surface area contributed by atoms with Crippen LogP contribution in [0.1, 0.15) is 236 Å². The molecule has 30 heteroatoms. The van der Waals surface area contributed by atoms with Crippen molar-refractivity contribution in [2.45, 2.75) is 263 Å². The topological polar surface area (TPSA) is 259 Å². The molecule has 0 radical (unpaired) electrons. The summed E-state index contributed by atoms with van der Waals surface area (Å²) in [5.41, 5.74) is 9.70. The highest BCUT2D eigenvalue weighted by atomic mass is 35.5. The maximum Gasteiger partial charge on any atom is 0.410 e. The third-order valence-corrected chi connectivity index (χ3v) is 31.1. The largest absolute Gasteiger partial charge is 0.506 e. The number of nitrogens with zero attached hydrogens (tertiary/aromatic N) is 11. The van der Waals surface area contributed by atoms with Crippen LogP contribution in [0, 0.1) is 15.9 Å². The monoisotopic (exact) mass is 2050 g/mol. The minimum absolute atomic E-state index is 0.0144. The first kappa shape index (κ1) is 108.